The SMILES string of the molecule is CCOC(=O)[C@@H]1[C@H]2C(=O)N([C@@H](CC)CO)C(C(=O)NC(C)(C)C)C23CC(C)[C@@]1(C)O3. The van der Waals surface area contributed by atoms with Crippen molar-refractivity contribution in [1.82, 2.24) is 10.2 Å². The van der Waals surface area contributed by atoms with Gasteiger partial charge in [-0.05, 0) is 53.4 Å². The fraction of sp³-hybridized carbons (Fsp3) is 0.864. The van der Waals surface area contributed by atoms with Crippen LogP contribution in [-0.4, -0.2) is 69.8 Å². The molecule has 8 nitrogen and oxygen atoms in total. The van der Waals surface area contributed by atoms with Gasteiger partial charge in [-0.25, -0.2) is 0 Å². The van der Waals surface area contributed by atoms with E-state index in [9.17, 15) is 19.5 Å². The predicted molar refractivity (Wildman–Crippen MR) is 109 cm³/mol. The number of nitrogens with one attached hydrogen (secondary N) is 1. The van der Waals surface area contributed by atoms with Crippen molar-refractivity contribution < 1.29 is 29.0 Å². The fourth-order valence-corrected chi connectivity index (χ4v) is 5.81. The molecule has 3 heterocycles. The molecular formula is C22H36N2O6. The second kappa shape index (κ2) is 7.48. The largest absolute Gasteiger partial charge is 0.466 e. The van der Waals surface area contributed by atoms with Crippen LogP contribution in [-0.2, 0) is 23.9 Å². The summed E-state index contributed by atoms with van der Waals surface area (Å²) in [6, 6.07) is -1.43. The van der Waals surface area contributed by atoms with Gasteiger partial charge in [-0.3, -0.25) is 14.4 Å². The molecule has 8 heteroatoms. The lowest BCUT2D eigenvalue weighted by atomic mass is 9.62. The van der Waals surface area contributed by atoms with E-state index >= 15 is 0 Å². The number of likely N-dealkylation sites (tertiary alicyclic amines) is 1. The highest BCUT2D eigenvalue weighted by Gasteiger charge is 2.80. The molecule has 0 aliphatic carbocycles. The average molecular weight is 425 g/mol. The zero-order valence-corrected chi connectivity index (χ0v) is 19.2. The first-order valence-corrected chi connectivity index (χ1v) is 11.0. The molecule has 0 saturated carbocycles. The summed E-state index contributed by atoms with van der Waals surface area (Å²) in [7, 11) is 0. The Hall–Kier alpha value is -1.67. The second-order valence-electron chi connectivity index (χ2n) is 10.2. The minimum atomic E-state index is -1.11. The van der Waals surface area contributed by atoms with E-state index in [2.05, 4.69) is 5.32 Å². The summed E-state index contributed by atoms with van der Waals surface area (Å²) in [5.41, 5.74) is -2.49. The molecule has 3 saturated heterocycles. The number of esters is 1. The number of aliphatic hydroxyl groups excluding tert-OH is 1. The van der Waals surface area contributed by atoms with Gasteiger partial charge in [0.2, 0.25) is 11.8 Å². The van der Waals surface area contributed by atoms with Crippen molar-refractivity contribution in [3.05, 3.63) is 0 Å². The van der Waals surface area contributed by atoms with Gasteiger partial charge >= 0.3 is 5.97 Å². The van der Waals surface area contributed by atoms with Crippen LogP contribution in [0.4, 0.5) is 0 Å². The summed E-state index contributed by atoms with van der Waals surface area (Å²) in [6.07, 6.45) is 0.984. The van der Waals surface area contributed by atoms with Gasteiger partial charge in [0.1, 0.15) is 17.6 Å². The van der Waals surface area contributed by atoms with Gasteiger partial charge in [-0.1, -0.05) is 13.8 Å². The molecule has 2 amide bonds. The molecule has 1 spiro atoms. The molecule has 0 aromatic rings. The number of carbonyl (C=O) groups is 3. The number of hydrogen-bond donors (Lipinski definition) is 2. The normalized spacial score (nSPS) is 38.5. The molecule has 3 rings (SSSR count). The lowest BCUT2D eigenvalue weighted by Crippen LogP contribution is -2.60. The molecule has 30 heavy (non-hydrogen) atoms. The quantitative estimate of drug-likeness (QED) is 0.622. The van der Waals surface area contributed by atoms with Crippen LogP contribution in [0.2, 0.25) is 0 Å². The third-order valence-corrected chi connectivity index (χ3v) is 7.11. The standard InChI is InChI=1S/C22H36N2O6/c1-8-13(11-25)24-16(17(26)23-20(4,5)6)22-10-12(3)21(7,30-22)15(14(22)18(24)27)19(28)29-9-2/h12-16,25H,8-11H2,1-7H3,(H,23,26)/t12?,13-,14-,15-,16?,21+,22?/m0/s1. The average Bonchev–Trinajstić information content (AvgIpc) is 3.13. The number of rotatable bonds is 6. The maximum atomic E-state index is 13.7. The molecule has 0 aromatic carbocycles. The van der Waals surface area contributed by atoms with Crippen LogP contribution in [0.5, 0.6) is 0 Å². The lowest BCUT2D eigenvalue weighted by molar-refractivity contribution is -0.162. The molecule has 0 aromatic heterocycles. The highest BCUT2D eigenvalue weighted by Crippen LogP contribution is 2.65. The highest BCUT2D eigenvalue weighted by molar-refractivity contribution is 5.99. The van der Waals surface area contributed by atoms with Crippen LogP contribution >= 0.6 is 0 Å². The monoisotopic (exact) mass is 424 g/mol. The number of hydrogen-bond acceptors (Lipinski definition) is 6. The van der Waals surface area contributed by atoms with E-state index < -0.39 is 46.6 Å². The number of aliphatic hydroxyl groups is 1. The van der Waals surface area contributed by atoms with Crippen LogP contribution < -0.4 is 5.32 Å². The Balaban J connectivity index is 2.14. The lowest BCUT2D eigenvalue weighted by Gasteiger charge is -2.38. The highest BCUT2D eigenvalue weighted by atomic mass is 16.6. The Morgan fingerprint density at radius 1 is 1.37 bits per heavy atom. The van der Waals surface area contributed by atoms with Crippen LogP contribution in [0.3, 0.4) is 0 Å². The van der Waals surface area contributed by atoms with E-state index in [1.54, 1.807) is 6.92 Å². The molecule has 3 aliphatic heterocycles. The van der Waals surface area contributed by atoms with Crippen molar-refractivity contribution >= 4 is 17.8 Å². The molecule has 0 radical (unpaired) electrons. The van der Waals surface area contributed by atoms with E-state index in [1.807, 2.05) is 41.5 Å². The van der Waals surface area contributed by atoms with Crippen molar-refractivity contribution in [2.45, 2.75) is 90.1 Å². The van der Waals surface area contributed by atoms with Gasteiger partial charge in [-0.15, -0.1) is 0 Å². The molecule has 170 valence electrons. The Morgan fingerprint density at radius 2 is 2.00 bits per heavy atom. The van der Waals surface area contributed by atoms with Crippen molar-refractivity contribution in [1.29, 1.82) is 0 Å². The topological polar surface area (TPSA) is 105 Å². The Labute approximate surface area is 178 Å². The molecule has 3 unspecified atom stereocenters. The van der Waals surface area contributed by atoms with Crippen LogP contribution in [0.1, 0.15) is 61.3 Å². The molecule has 2 bridgehead atoms. The zero-order valence-electron chi connectivity index (χ0n) is 19.2. The third-order valence-electron chi connectivity index (χ3n) is 7.11. The molecular weight excluding hydrogens is 388 g/mol. The summed E-state index contributed by atoms with van der Waals surface area (Å²) in [5.74, 6) is -2.69. The zero-order chi connectivity index (χ0) is 22.6. The molecule has 2 N–H and O–H groups in total. The number of carbonyl (C=O) groups excluding carboxylic acids is 3. The van der Waals surface area contributed by atoms with Gasteiger partial charge in [0.05, 0.1) is 30.8 Å². The summed E-state index contributed by atoms with van der Waals surface area (Å²) in [5, 5.41) is 13.0. The molecule has 3 fully saturated rings. The predicted octanol–water partition coefficient (Wildman–Crippen LogP) is 1.25. The minimum absolute atomic E-state index is 0.0324. The van der Waals surface area contributed by atoms with Crippen LogP contribution in [0.15, 0.2) is 0 Å². The van der Waals surface area contributed by atoms with E-state index in [0.29, 0.717) is 12.8 Å². The van der Waals surface area contributed by atoms with E-state index in [-0.39, 0.29) is 30.9 Å². The number of amides is 2. The smallest absolute Gasteiger partial charge is 0.312 e. The minimum Gasteiger partial charge on any atom is -0.466 e. The maximum absolute atomic E-state index is 13.7. The summed E-state index contributed by atoms with van der Waals surface area (Å²) < 4.78 is 11.9. The number of fused-ring (bicyclic) bond motifs is 1. The Morgan fingerprint density at radius 3 is 2.50 bits per heavy atom. The third kappa shape index (κ3) is 3.14. The van der Waals surface area contributed by atoms with Gasteiger partial charge < -0.3 is 24.8 Å². The van der Waals surface area contributed by atoms with Crippen LogP contribution in [0, 0.1) is 17.8 Å². The first-order valence-electron chi connectivity index (χ1n) is 11.0. The Kier molecular flexibility index (Phi) is 5.74. The van der Waals surface area contributed by atoms with Crippen LogP contribution in [0.25, 0.3) is 0 Å². The fourth-order valence-electron chi connectivity index (χ4n) is 5.81. The summed E-state index contributed by atoms with van der Waals surface area (Å²) in [4.78, 5) is 41.7. The molecule has 7 atom stereocenters. The van der Waals surface area contributed by atoms with Gasteiger partial charge in [0.25, 0.3) is 0 Å². The first kappa shape index (κ1) is 23.0. The number of nitrogens with zero attached hydrogens (tertiary/aromatic N) is 1. The Bertz CT molecular complexity index is 730. The summed E-state index contributed by atoms with van der Waals surface area (Å²) >= 11 is 0. The van der Waals surface area contributed by atoms with Crippen molar-refractivity contribution in [2.24, 2.45) is 17.8 Å². The maximum Gasteiger partial charge on any atom is 0.312 e. The molecule has 3 aliphatic rings. The summed E-state index contributed by atoms with van der Waals surface area (Å²) in [6.45, 7) is 13.0. The van der Waals surface area contributed by atoms with Gasteiger partial charge in [-0.2, -0.15) is 0 Å². The second-order valence-corrected chi connectivity index (χ2v) is 10.2. The van der Waals surface area contributed by atoms with Gasteiger partial charge in [0, 0.05) is 5.54 Å². The van der Waals surface area contributed by atoms with Gasteiger partial charge in [0.15, 0.2) is 0 Å². The van der Waals surface area contributed by atoms with Crippen molar-refractivity contribution in [2.75, 3.05) is 13.2 Å². The van der Waals surface area contributed by atoms with E-state index in [0.717, 1.165) is 0 Å². The van der Waals surface area contributed by atoms with E-state index in [1.165, 1.54) is 4.90 Å². The van der Waals surface area contributed by atoms with Crippen molar-refractivity contribution in [3.63, 3.8) is 0 Å². The first-order chi connectivity index (χ1) is 13.9. The van der Waals surface area contributed by atoms with Crippen molar-refractivity contribution in [3.8, 4) is 0 Å². The van der Waals surface area contributed by atoms with E-state index in [4.69, 9.17) is 9.47 Å². The number of ether oxygens (including phenoxy) is 2.